The van der Waals surface area contributed by atoms with Gasteiger partial charge in [0.15, 0.2) is 0 Å². The fourth-order valence-corrected chi connectivity index (χ4v) is 3.44. The Morgan fingerprint density at radius 1 is 0.857 bits per heavy atom. The maximum atomic E-state index is 12.7. The Kier molecular flexibility index (Phi) is 3.87. The van der Waals surface area contributed by atoms with Crippen molar-refractivity contribution in [2.75, 3.05) is 19.6 Å². The fraction of sp³-hybridized carbons (Fsp3) is 0.800. The summed E-state index contributed by atoms with van der Waals surface area (Å²) in [5.74, 6) is -1.09. The van der Waals surface area contributed by atoms with E-state index in [4.69, 9.17) is 5.11 Å². The van der Waals surface area contributed by atoms with Gasteiger partial charge in [0.2, 0.25) is 11.8 Å². The normalized spacial score (nSPS) is 29.5. The van der Waals surface area contributed by atoms with Crippen molar-refractivity contribution < 1.29 is 19.5 Å². The number of likely N-dealkylation sites (tertiary alicyclic amines) is 2. The van der Waals surface area contributed by atoms with E-state index in [0.29, 0.717) is 25.9 Å². The highest BCUT2D eigenvalue weighted by Crippen LogP contribution is 2.34. The van der Waals surface area contributed by atoms with Gasteiger partial charge in [0.1, 0.15) is 6.04 Å². The second-order valence-corrected chi connectivity index (χ2v) is 6.43. The molecule has 0 aromatic heterocycles. The van der Waals surface area contributed by atoms with Crippen molar-refractivity contribution in [3.8, 4) is 0 Å². The molecule has 3 rings (SSSR count). The third kappa shape index (κ3) is 2.89. The molecule has 2 atom stereocenters. The molecule has 2 saturated heterocycles. The van der Waals surface area contributed by atoms with Crippen LogP contribution in [0.15, 0.2) is 0 Å². The van der Waals surface area contributed by atoms with Crippen LogP contribution in [0.2, 0.25) is 0 Å². The predicted molar refractivity (Wildman–Crippen MR) is 74.4 cm³/mol. The molecule has 116 valence electrons. The Morgan fingerprint density at radius 3 is 2.24 bits per heavy atom. The van der Waals surface area contributed by atoms with Gasteiger partial charge < -0.3 is 14.9 Å². The Hall–Kier alpha value is -1.59. The number of carbonyl (C=O) groups excluding carboxylic acids is 2. The molecule has 3 fully saturated rings. The standard InChI is InChI=1S/C15H22N2O4/c18-13(10-5-6-10)17-8-2-4-12(17)14(19)16-7-1-3-11(9-16)15(20)21/h10-12H,1-9H2,(H,20,21)/t11-,12?/m0/s1. The van der Waals surface area contributed by atoms with Crippen LogP contribution in [0, 0.1) is 11.8 Å². The average Bonchev–Trinajstić information content (AvgIpc) is 3.23. The van der Waals surface area contributed by atoms with Gasteiger partial charge in [-0.3, -0.25) is 14.4 Å². The highest BCUT2D eigenvalue weighted by Gasteiger charge is 2.42. The minimum atomic E-state index is -0.829. The average molecular weight is 294 g/mol. The molecule has 2 amide bonds. The molecule has 1 unspecified atom stereocenters. The van der Waals surface area contributed by atoms with Crippen LogP contribution in [0.1, 0.15) is 38.5 Å². The monoisotopic (exact) mass is 294 g/mol. The summed E-state index contributed by atoms with van der Waals surface area (Å²) >= 11 is 0. The van der Waals surface area contributed by atoms with Gasteiger partial charge in [-0.05, 0) is 38.5 Å². The maximum Gasteiger partial charge on any atom is 0.308 e. The second-order valence-electron chi connectivity index (χ2n) is 6.43. The summed E-state index contributed by atoms with van der Waals surface area (Å²) in [5, 5.41) is 9.12. The van der Waals surface area contributed by atoms with Gasteiger partial charge in [-0.25, -0.2) is 0 Å². The highest BCUT2D eigenvalue weighted by molar-refractivity contribution is 5.90. The molecule has 1 N–H and O–H groups in total. The zero-order chi connectivity index (χ0) is 15.0. The topological polar surface area (TPSA) is 77.9 Å². The molecule has 0 bridgehead atoms. The molecule has 0 aromatic rings. The number of carboxylic acids is 1. The minimum absolute atomic E-state index is 0.0487. The van der Waals surface area contributed by atoms with Crippen LogP contribution in [0.4, 0.5) is 0 Å². The van der Waals surface area contributed by atoms with Gasteiger partial charge in [0, 0.05) is 25.6 Å². The van der Waals surface area contributed by atoms with Gasteiger partial charge in [-0.2, -0.15) is 0 Å². The summed E-state index contributed by atoms with van der Waals surface area (Å²) in [7, 11) is 0. The van der Waals surface area contributed by atoms with Gasteiger partial charge in [0.25, 0.3) is 0 Å². The van der Waals surface area contributed by atoms with E-state index in [1.807, 2.05) is 0 Å². The van der Waals surface area contributed by atoms with Crippen LogP contribution >= 0.6 is 0 Å². The van der Waals surface area contributed by atoms with Crippen molar-refractivity contribution in [2.24, 2.45) is 11.8 Å². The molecule has 2 aliphatic heterocycles. The number of carbonyl (C=O) groups is 3. The van der Waals surface area contributed by atoms with E-state index >= 15 is 0 Å². The summed E-state index contributed by atoms with van der Waals surface area (Å²) < 4.78 is 0. The molecular formula is C15H22N2O4. The van der Waals surface area contributed by atoms with Gasteiger partial charge in [-0.1, -0.05) is 0 Å². The summed E-state index contributed by atoms with van der Waals surface area (Å²) in [6.45, 7) is 1.57. The highest BCUT2D eigenvalue weighted by atomic mass is 16.4. The lowest BCUT2D eigenvalue weighted by Crippen LogP contribution is -2.51. The first-order valence-electron chi connectivity index (χ1n) is 7.90. The second kappa shape index (κ2) is 5.66. The van der Waals surface area contributed by atoms with E-state index in [9.17, 15) is 14.4 Å². The number of amides is 2. The lowest BCUT2D eigenvalue weighted by molar-refractivity contribution is -0.149. The van der Waals surface area contributed by atoms with Crippen LogP contribution in [-0.4, -0.2) is 58.4 Å². The van der Waals surface area contributed by atoms with E-state index in [1.54, 1.807) is 9.80 Å². The van der Waals surface area contributed by atoms with Crippen LogP contribution in [0.25, 0.3) is 0 Å². The molecule has 1 saturated carbocycles. The summed E-state index contributed by atoms with van der Waals surface area (Å²) in [6.07, 6.45) is 4.83. The SMILES string of the molecule is O=C(O)[C@H]1CCCN(C(=O)C2CCCN2C(=O)C2CC2)C1. The van der Waals surface area contributed by atoms with Crippen molar-refractivity contribution in [2.45, 2.75) is 44.6 Å². The van der Waals surface area contributed by atoms with Gasteiger partial charge in [0.05, 0.1) is 5.92 Å². The van der Waals surface area contributed by atoms with Crippen molar-refractivity contribution in [3.63, 3.8) is 0 Å². The first kappa shape index (κ1) is 14.4. The van der Waals surface area contributed by atoms with Crippen molar-refractivity contribution >= 4 is 17.8 Å². The van der Waals surface area contributed by atoms with Crippen LogP contribution < -0.4 is 0 Å². The summed E-state index contributed by atoms with van der Waals surface area (Å²) in [6, 6.07) is -0.356. The van der Waals surface area contributed by atoms with Crippen molar-refractivity contribution in [3.05, 3.63) is 0 Å². The Labute approximate surface area is 124 Å². The van der Waals surface area contributed by atoms with E-state index in [0.717, 1.165) is 25.7 Å². The number of hydrogen-bond acceptors (Lipinski definition) is 3. The Bertz CT molecular complexity index is 461. The van der Waals surface area contributed by atoms with Crippen LogP contribution in [0.3, 0.4) is 0 Å². The number of nitrogens with zero attached hydrogens (tertiary/aromatic N) is 2. The van der Waals surface area contributed by atoms with Gasteiger partial charge in [-0.15, -0.1) is 0 Å². The predicted octanol–water partition coefficient (Wildman–Crippen LogP) is 0.711. The largest absolute Gasteiger partial charge is 0.481 e. The fourth-order valence-electron chi connectivity index (χ4n) is 3.44. The Morgan fingerprint density at radius 2 is 1.57 bits per heavy atom. The van der Waals surface area contributed by atoms with E-state index in [-0.39, 0.29) is 30.3 Å². The molecule has 6 nitrogen and oxygen atoms in total. The summed E-state index contributed by atoms with van der Waals surface area (Å²) in [4.78, 5) is 39.4. The molecule has 6 heteroatoms. The van der Waals surface area contributed by atoms with Gasteiger partial charge >= 0.3 is 5.97 Å². The number of rotatable bonds is 3. The minimum Gasteiger partial charge on any atom is -0.481 e. The first-order valence-corrected chi connectivity index (χ1v) is 7.90. The number of aliphatic carboxylic acids is 1. The lowest BCUT2D eigenvalue weighted by atomic mass is 9.97. The molecule has 2 heterocycles. The molecule has 1 aliphatic carbocycles. The maximum absolute atomic E-state index is 12.7. The molecule has 0 spiro atoms. The molecule has 21 heavy (non-hydrogen) atoms. The zero-order valence-electron chi connectivity index (χ0n) is 12.2. The van der Waals surface area contributed by atoms with E-state index < -0.39 is 11.9 Å². The molecular weight excluding hydrogens is 272 g/mol. The summed E-state index contributed by atoms with van der Waals surface area (Å²) in [5.41, 5.74) is 0. The first-order chi connectivity index (χ1) is 10.1. The number of hydrogen-bond donors (Lipinski definition) is 1. The van der Waals surface area contributed by atoms with E-state index in [1.165, 1.54) is 0 Å². The smallest absolute Gasteiger partial charge is 0.308 e. The third-order valence-corrected chi connectivity index (χ3v) is 4.83. The number of carboxylic acid groups (broad SMARTS) is 1. The van der Waals surface area contributed by atoms with Crippen molar-refractivity contribution in [1.29, 1.82) is 0 Å². The van der Waals surface area contributed by atoms with Crippen molar-refractivity contribution in [1.82, 2.24) is 9.80 Å². The van der Waals surface area contributed by atoms with Crippen LogP contribution in [-0.2, 0) is 14.4 Å². The Balaban J connectivity index is 1.65. The van der Waals surface area contributed by atoms with E-state index in [2.05, 4.69) is 0 Å². The molecule has 3 aliphatic rings. The quantitative estimate of drug-likeness (QED) is 0.831. The zero-order valence-corrected chi connectivity index (χ0v) is 12.2. The third-order valence-electron chi connectivity index (χ3n) is 4.83. The molecule has 0 radical (unpaired) electrons. The van der Waals surface area contributed by atoms with Crippen LogP contribution in [0.5, 0.6) is 0 Å². The number of piperidine rings is 1. The lowest BCUT2D eigenvalue weighted by Gasteiger charge is -2.35. The molecule has 0 aromatic carbocycles.